The van der Waals surface area contributed by atoms with Gasteiger partial charge in [0.1, 0.15) is 0 Å². The van der Waals surface area contributed by atoms with Crippen molar-refractivity contribution in [3.63, 3.8) is 0 Å². The highest BCUT2D eigenvalue weighted by Crippen LogP contribution is 2.19. The van der Waals surface area contributed by atoms with E-state index in [-0.39, 0.29) is 5.91 Å². The van der Waals surface area contributed by atoms with Gasteiger partial charge in [0.15, 0.2) is 0 Å². The van der Waals surface area contributed by atoms with Gasteiger partial charge in [-0.3, -0.25) is 4.79 Å². The molecule has 0 spiro atoms. The van der Waals surface area contributed by atoms with Crippen molar-refractivity contribution in [1.82, 2.24) is 4.90 Å². The van der Waals surface area contributed by atoms with Crippen LogP contribution in [0.3, 0.4) is 0 Å². The van der Waals surface area contributed by atoms with Crippen LogP contribution in [0.1, 0.15) is 18.1 Å². The third kappa shape index (κ3) is 3.85. The van der Waals surface area contributed by atoms with Gasteiger partial charge in [0, 0.05) is 37.4 Å². The number of nitrogens with zero attached hydrogens (tertiary/aromatic N) is 2. The molecule has 0 atom stereocenters. The number of carbonyl (C=O) groups excluding carboxylic acids is 1. The van der Waals surface area contributed by atoms with E-state index < -0.39 is 0 Å². The molecule has 0 N–H and O–H groups in total. The van der Waals surface area contributed by atoms with Crippen molar-refractivity contribution in [2.45, 2.75) is 13.8 Å². The molecule has 3 heteroatoms. The average Bonchev–Trinajstić information content (AvgIpc) is 2.62. The molecule has 3 nitrogen and oxygen atoms in total. The Kier molecular flexibility index (Phi) is 4.99. The van der Waals surface area contributed by atoms with Crippen LogP contribution in [-0.4, -0.2) is 37.0 Å². The van der Waals surface area contributed by atoms with E-state index in [0.29, 0.717) is 0 Å². The molecule has 0 aliphatic carbocycles. The number of rotatable bonds is 3. The van der Waals surface area contributed by atoms with Crippen LogP contribution in [0, 0.1) is 6.92 Å². The Bertz CT molecular complexity index is 729. The standard InChI is InChI=1S/C21H24N2O/c1-17-7-6-10-20(15-17)22-11-13-23(14-12-22)21(24)18(2)16-19-8-4-3-5-9-19/h3-10,15-16H,11-14H2,1-2H3/b18-16+. The second-order valence-electron chi connectivity index (χ2n) is 6.36. The molecule has 2 aromatic rings. The minimum absolute atomic E-state index is 0.141. The number of hydrogen-bond acceptors (Lipinski definition) is 2. The highest BCUT2D eigenvalue weighted by molar-refractivity contribution is 5.97. The summed E-state index contributed by atoms with van der Waals surface area (Å²) in [6.07, 6.45) is 1.97. The van der Waals surface area contributed by atoms with Gasteiger partial charge in [-0.1, -0.05) is 42.5 Å². The Morgan fingerprint density at radius 1 is 0.958 bits per heavy atom. The van der Waals surface area contributed by atoms with Gasteiger partial charge in [-0.2, -0.15) is 0 Å². The molecule has 1 aliphatic heterocycles. The number of piperazine rings is 1. The Labute approximate surface area is 144 Å². The van der Waals surface area contributed by atoms with E-state index >= 15 is 0 Å². The largest absolute Gasteiger partial charge is 0.368 e. The van der Waals surface area contributed by atoms with Crippen LogP contribution in [-0.2, 0) is 4.79 Å². The zero-order valence-corrected chi connectivity index (χ0v) is 14.4. The van der Waals surface area contributed by atoms with E-state index in [0.717, 1.165) is 37.3 Å². The van der Waals surface area contributed by atoms with Crippen LogP contribution in [0.4, 0.5) is 5.69 Å². The predicted molar refractivity (Wildman–Crippen MR) is 100 cm³/mol. The van der Waals surface area contributed by atoms with Gasteiger partial charge in [0.2, 0.25) is 5.91 Å². The van der Waals surface area contributed by atoms with Crippen LogP contribution in [0.15, 0.2) is 60.2 Å². The van der Waals surface area contributed by atoms with Crippen molar-refractivity contribution < 1.29 is 4.79 Å². The lowest BCUT2D eigenvalue weighted by molar-refractivity contribution is -0.127. The van der Waals surface area contributed by atoms with Gasteiger partial charge < -0.3 is 9.80 Å². The van der Waals surface area contributed by atoms with Crippen molar-refractivity contribution in [2.75, 3.05) is 31.1 Å². The molecule has 2 aromatic carbocycles. The fraction of sp³-hybridized carbons (Fsp3) is 0.286. The van der Waals surface area contributed by atoms with Gasteiger partial charge in [-0.25, -0.2) is 0 Å². The first kappa shape index (κ1) is 16.3. The topological polar surface area (TPSA) is 23.6 Å². The molecule has 1 fully saturated rings. The number of carbonyl (C=O) groups is 1. The number of benzene rings is 2. The molecule has 0 saturated carbocycles. The van der Waals surface area contributed by atoms with Crippen molar-refractivity contribution in [2.24, 2.45) is 0 Å². The number of amides is 1. The van der Waals surface area contributed by atoms with E-state index in [1.54, 1.807) is 0 Å². The monoisotopic (exact) mass is 320 g/mol. The molecular formula is C21H24N2O. The highest BCUT2D eigenvalue weighted by Gasteiger charge is 2.22. The Balaban J connectivity index is 1.62. The lowest BCUT2D eigenvalue weighted by Gasteiger charge is -2.36. The van der Waals surface area contributed by atoms with Crippen molar-refractivity contribution in [3.05, 3.63) is 71.3 Å². The van der Waals surface area contributed by atoms with Crippen LogP contribution in [0.2, 0.25) is 0 Å². The molecular weight excluding hydrogens is 296 g/mol. The summed E-state index contributed by atoms with van der Waals surface area (Å²) in [5.41, 5.74) is 4.39. The zero-order chi connectivity index (χ0) is 16.9. The summed E-state index contributed by atoms with van der Waals surface area (Å²) in [6, 6.07) is 18.6. The molecule has 24 heavy (non-hydrogen) atoms. The number of hydrogen-bond donors (Lipinski definition) is 0. The summed E-state index contributed by atoms with van der Waals surface area (Å²) in [7, 11) is 0. The molecule has 0 aromatic heterocycles. The van der Waals surface area contributed by atoms with Gasteiger partial charge >= 0.3 is 0 Å². The molecule has 1 heterocycles. The first-order valence-electron chi connectivity index (χ1n) is 8.48. The van der Waals surface area contributed by atoms with E-state index in [2.05, 4.69) is 36.1 Å². The molecule has 0 bridgehead atoms. The van der Waals surface area contributed by atoms with Crippen LogP contribution in [0.5, 0.6) is 0 Å². The highest BCUT2D eigenvalue weighted by atomic mass is 16.2. The smallest absolute Gasteiger partial charge is 0.249 e. The lowest BCUT2D eigenvalue weighted by Crippen LogP contribution is -2.49. The van der Waals surface area contributed by atoms with Crippen molar-refractivity contribution in [1.29, 1.82) is 0 Å². The maximum absolute atomic E-state index is 12.6. The minimum atomic E-state index is 0.141. The second-order valence-corrected chi connectivity index (χ2v) is 6.36. The molecule has 3 rings (SSSR count). The fourth-order valence-electron chi connectivity index (χ4n) is 3.10. The Hall–Kier alpha value is -2.55. The van der Waals surface area contributed by atoms with Crippen molar-refractivity contribution in [3.8, 4) is 0 Å². The summed E-state index contributed by atoms with van der Waals surface area (Å²) in [5.74, 6) is 0.141. The zero-order valence-electron chi connectivity index (χ0n) is 14.4. The summed E-state index contributed by atoms with van der Waals surface area (Å²) in [5, 5.41) is 0. The average molecular weight is 320 g/mol. The van der Waals surface area contributed by atoms with Gasteiger partial charge in [0.25, 0.3) is 0 Å². The Morgan fingerprint density at radius 3 is 2.33 bits per heavy atom. The maximum atomic E-state index is 12.6. The lowest BCUT2D eigenvalue weighted by atomic mass is 10.1. The van der Waals surface area contributed by atoms with Crippen LogP contribution in [0.25, 0.3) is 6.08 Å². The van der Waals surface area contributed by atoms with Crippen LogP contribution >= 0.6 is 0 Å². The quantitative estimate of drug-likeness (QED) is 0.804. The minimum Gasteiger partial charge on any atom is -0.368 e. The molecule has 1 amide bonds. The van der Waals surface area contributed by atoms with E-state index in [4.69, 9.17) is 0 Å². The summed E-state index contributed by atoms with van der Waals surface area (Å²) in [6.45, 7) is 7.32. The molecule has 0 radical (unpaired) electrons. The second kappa shape index (κ2) is 7.35. The molecule has 124 valence electrons. The summed E-state index contributed by atoms with van der Waals surface area (Å²) >= 11 is 0. The predicted octanol–water partition coefficient (Wildman–Crippen LogP) is 3.75. The van der Waals surface area contributed by atoms with E-state index in [1.165, 1.54) is 11.3 Å². The number of anilines is 1. The SMILES string of the molecule is C/C(=C\c1ccccc1)C(=O)N1CCN(c2cccc(C)c2)CC1. The van der Waals surface area contributed by atoms with Crippen molar-refractivity contribution >= 4 is 17.7 Å². The third-order valence-electron chi connectivity index (χ3n) is 4.45. The summed E-state index contributed by atoms with van der Waals surface area (Å²) in [4.78, 5) is 17.0. The number of aryl methyl sites for hydroxylation is 1. The van der Waals surface area contributed by atoms with Gasteiger partial charge in [-0.15, -0.1) is 0 Å². The normalized spacial score (nSPS) is 15.5. The first-order chi connectivity index (χ1) is 11.6. The van der Waals surface area contributed by atoms with E-state index in [9.17, 15) is 4.79 Å². The van der Waals surface area contributed by atoms with Gasteiger partial charge in [0.05, 0.1) is 0 Å². The molecule has 1 saturated heterocycles. The maximum Gasteiger partial charge on any atom is 0.249 e. The van der Waals surface area contributed by atoms with E-state index in [1.807, 2.05) is 48.2 Å². The van der Waals surface area contributed by atoms with Gasteiger partial charge in [-0.05, 0) is 43.2 Å². The molecule has 1 aliphatic rings. The summed E-state index contributed by atoms with van der Waals surface area (Å²) < 4.78 is 0. The Morgan fingerprint density at radius 2 is 1.67 bits per heavy atom. The first-order valence-corrected chi connectivity index (χ1v) is 8.48. The van der Waals surface area contributed by atoms with Crippen LogP contribution < -0.4 is 4.90 Å². The fourth-order valence-corrected chi connectivity index (χ4v) is 3.10. The third-order valence-corrected chi connectivity index (χ3v) is 4.45. The molecule has 0 unspecified atom stereocenters.